The van der Waals surface area contributed by atoms with Crippen molar-refractivity contribution in [2.24, 2.45) is 0 Å². The average Bonchev–Trinajstić information content (AvgIpc) is 2.94. The van der Waals surface area contributed by atoms with Crippen LogP contribution >= 0.6 is 34.5 Å². The number of hydrogen-bond acceptors (Lipinski definition) is 4. The Labute approximate surface area is 153 Å². The Bertz CT molecular complexity index is 901. The lowest BCUT2D eigenvalue weighted by molar-refractivity contribution is -0.118. The number of para-hydroxylation sites is 1. The Kier molecular flexibility index (Phi) is 4.94. The second kappa shape index (κ2) is 6.97. The Balaban J connectivity index is 1.66. The first-order valence-corrected chi connectivity index (χ1v) is 8.76. The summed E-state index contributed by atoms with van der Waals surface area (Å²) in [6.07, 6.45) is 0. The highest BCUT2D eigenvalue weighted by Gasteiger charge is 2.11. The van der Waals surface area contributed by atoms with E-state index in [0.717, 1.165) is 15.8 Å². The van der Waals surface area contributed by atoms with E-state index in [4.69, 9.17) is 27.9 Å². The summed E-state index contributed by atoms with van der Waals surface area (Å²) in [5, 5.41) is 4.49. The molecule has 3 aromatic rings. The van der Waals surface area contributed by atoms with Gasteiger partial charge in [-0.3, -0.25) is 10.1 Å². The number of hydrogen-bond donors (Lipinski definition) is 1. The monoisotopic (exact) mass is 380 g/mol. The summed E-state index contributed by atoms with van der Waals surface area (Å²) < 4.78 is 6.45. The van der Waals surface area contributed by atoms with Gasteiger partial charge >= 0.3 is 0 Å². The van der Waals surface area contributed by atoms with Gasteiger partial charge in [0.15, 0.2) is 11.7 Å². The third kappa shape index (κ3) is 3.64. The van der Waals surface area contributed by atoms with E-state index in [1.54, 1.807) is 18.2 Å². The van der Waals surface area contributed by atoms with Crippen LogP contribution in [-0.4, -0.2) is 17.5 Å². The third-order valence-corrected chi connectivity index (χ3v) is 5.23. The summed E-state index contributed by atoms with van der Waals surface area (Å²) >= 11 is 13.6. The number of carbonyl (C=O) groups is 1. The van der Waals surface area contributed by atoms with Crippen molar-refractivity contribution in [2.75, 3.05) is 11.9 Å². The van der Waals surface area contributed by atoms with Crippen LogP contribution in [0.3, 0.4) is 0 Å². The van der Waals surface area contributed by atoms with Gasteiger partial charge in [-0.25, -0.2) is 4.98 Å². The SMILES string of the molecule is Cc1cc(OCC(=O)Nc2nc3c(Cl)cccc3s2)cc(C)c1Cl. The number of fused-ring (bicyclic) bond motifs is 1. The van der Waals surface area contributed by atoms with Gasteiger partial charge in [0.25, 0.3) is 5.91 Å². The number of thiazole rings is 1. The highest BCUT2D eigenvalue weighted by atomic mass is 35.5. The Morgan fingerprint density at radius 3 is 2.62 bits per heavy atom. The van der Waals surface area contributed by atoms with Crippen molar-refractivity contribution in [3.8, 4) is 5.75 Å². The first kappa shape index (κ1) is 17.0. The molecule has 4 nitrogen and oxygen atoms in total. The molecule has 1 amide bonds. The maximum atomic E-state index is 12.1. The number of carbonyl (C=O) groups excluding carboxylic acids is 1. The van der Waals surface area contributed by atoms with Gasteiger partial charge in [0.2, 0.25) is 0 Å². The Hall–Kier alpha value is -1.82. The van der Waals surface area contributed by atoms with E-state index in [9.17, 15) is 4.79 Å². The molecule has 124 valence electrons. The lowest BCUT2D eigenvalue weighted by atomic mass is 10.1. The van der Waals surface area contributed by atoms with Crippen LogP contribution in [0.1, 0.15) is 11.1 Å². The van der Waals surface area contributed by atoms with Crippen LogP contribution in [0.25, 0.3) is 10.2 Å². The van der Waals surface area contributed by atoms with Gasteiger partial charge in [0, 0.05) is 5.02 Å². The summed E-state index contributed by atoms with van der Waals surface area (Å²) in [5.74, 6) is 0.326. The maximum Gasteiger partial charge on any atom is 0.264 e. The van der Waals surface area contributed by atoms with Crippen molar-refractivity contribution in [1.82, 2.24) is 4.98 Å². The van der Waals surface area contributed by atoms with E-state index < -0.39 is 0 Å². The zero-order valence-electron chi connectivity index (χ0n) is 13.0. The minimum Gasteiger partial charge on any atom is -0.484 e. The molecule has 0 aliphatic carbocycles. The summed E-state index contributed by atoms with van der Waals surface area (Å²) in [6, 6.07) is 9.14. The standard InChI is InChI=1S/C17H14Cl2N2O2S/c1-9-6-11(7-10(2)15(9)19)23-8-14(22)20-17-21-16-12(18)4-3-5-13(16)24-17/h3-7H,8H2,1-2H3,(H,20,21,22). The number of nitrogens with zero attached hydrogens (tertiary/aromatic N) is 1. The molecule has 24 heavy (non-hydrogen) atoms. The number of aromatic nitrogens is 1. The fourth-order valence-corrected chi connectivity index (χ4v) is 3.55. The minimum atomic E-state index is -0.282. The van der Waals surface area contributed by atoms with Crippen LogP contribution in [0.15, 0.2) is 30.3 Å². The number of halogens is 2. The van der Waals surface area contributed by atoms with Crippen LogP contribution in [0.4, 0.5) is 5.13 Å². The van der Waals surface area contributed by atoms with E-state index in [0.29, 0.717) is 26.4 Å². The summed E-state index contributed by atoms with van der Waals surface area (Å²) in [7, 11) is 0. The van der Waals surface area contributed by atoms with Crippen molar-refractivity contribution < 1.29 is 9.53 Å². The van der Waals surface area contributed by atoms with Crippen LogP contribution in [0.2, 0.25) is 10.0 Å². The van der Waals surface area contributed by atoms with Gasteiger partial charge in [-0.1, -0.05) is 40.6 Å². The lowest BCUT2D eigenvalue weighted by Crippen LogP contribution is -2.20. The number of ether oxygens (including phenoxy) is 1. The van der Waals surface area contributed by atoms with Gasteiger partial charge < -0.3 is 4.74 Å². The number of amides is 1. The molecule has 0 aliphatic rings. The fourth-order valence-electron chi connectivity index (χ4n) is 2.26. The van der Waals surface area contributed by atoms with Crippen molar-refractivity contribution >= 4 is 55.8 Å². The predicted octanol–water partition coefficient (Wildman–Crippen LogP) is 5.24. The van der Waals surface area contributed by atoms with Gasteiger partial charge in [-0.15, -0.1) is 0 Å². The fraction of sp³-hybridized carbons (Fsp3) is 0.176. The quantitative estimate of drug-likeness (QED) is 0.673. The normalized spacial score (nSPS) is 10.8. The van der Waals surface area contributed by atoms with E-state index >= 15 is 0 Å². The Morgan fingerprint density at radius 2 is 1.96 bits per heavy atom. The number of nitrogens with one attached hydrogen (secondary N) is 1. The lowest BCUT2D eigenvalue weighted by Gasteiger charge is -2.09. The van der Waals surface area contributed by atoms with Crippen molar-refractivity contribution in [3.05, 3.63) is 51.5 Å². The summed E-state index contributed by atoms with van der Waals surface area (Å²) in [6.45, 7) is 3.68. The molecule has 1 N–H and O–H groups in total. The maximum absolute atomic E-state index is 12.1. The van der Waals surface area contributed by atoms with Gasteiger partial charge in [-0.05, 0) is 49.2 Å². The first-order valence-electron chi connectivity index (χ1n) is 7.18. The smallest absolute Gasteiger partial charge is 0.264 e. The van der Waals surface area contributed by atoms with E-state index in [2.05, 4.69) is 10.3 Å². The molecular weight excluding hydrogens is 367 g/mol. The molecule has 0 unspecified atom stereocenters. The molecule has 0 aliphatic heterocycles. The summed E-state index contributed by atoms with van der Waals surface area (Å²) in [4.78, 5) is 16.4. The van der Waals surface area contributed by atoms with Crippen LogP contribution in [-0.2, 0) is 4.79 Å². The topological polar surface area (TPSA) is 51.2 Å². The predicted molar refractivity (Wildman–Crippen MR) is 99.7 cm³/mol. The zero-order chi connectivity index (χ0) is 17.3. The number of rotatable bonds is 4. The third-order valence-electron chi connectivity index (χ3n) is 3.40. The molecular formula is C17H14Cl2N2O2S. The molecule has 1 heterocycles. The van der Waals surface area contributed by atoms with Crippen molar-refractivity contribution in [1.29, 1.82) is 0 Å². The molecule has 3 rings (SSSR count). The molecule has 0 saturated heterocycles. The zero-order valence-corrected chi connectivity index (χ0v) is 15.4. The van der Waals surface area contributed by atoms with Crippen LogP contribution < -0.4 is 10.1 Å². The van der Waals surface area contributed by atoms with Crippen LogP contribution in [0, 0.1) is 13.8 Å². The van der Waals surface area contributed by atoms with Crippen LogP contribution in [0.5, 0.6) is 5.75 Å². The minimum absolute atomic E-state index is 0.107. The average molecular weight is 381 g/mol. The molecule has 2 aromatic carbocycles. The van der Waals surface area contributed by atoms with Gasteiger partial charge in [-0.2, -0.15) is 0 Å². The van der Waals surface area contributed by atoms with E-state index in [1.165, 1.54) is 11.3 Å². The van der Waals surface area contributed by atoms with Crippen molar-refractivity contribution in [2.45, 2.75) is 13.8 Å². The highest BCUT2D eigenvalue weighted by Crippen LogP contribution is 2.30. The van der Waals surface area contributed by atoms with E-state index in [1.807, 2.05) is 26.0 Å². The molecule has 1 aromatic heterocycles. The number of benzene rings is 2. The first-order chi connectivity index (χ1) is 11.4. The highest BCUT2D eigenvalue weighted by molar-refractivity contribution is 7.22. The molecule has 7 heteroatoms. The number of anilines is 1. The van der Waals surface area contributed by atoms with Gasteiger partial charge in [0.05, 0.1) is 9.72 Å². The van der Waals surface area contributed by atoms with E-state index in [-0.39, 0.29) is 12.5 Å². The molecule has 0 spiro atoms. The molecule has 0 bridgehead atoms. The van der Waals surface area contributed by atoms with Gasteiger partial charge in [0.1, 0.15) is 11.3 Å². The molecule has 0 radical (unpaired) electrons. The largest absolute Gasteiger partial charge is 0.484 e. The molecule has 0 atom stereocenters. The number of aryl methyl sites for hydroxylation is 2. The molecule has 0 fully saturated rings. The Morgan fingerprint density at radius 1 is 1.25 bits per heavy atom. The summed E-state index contributed by atoms with van der Waals surface area (Å²) in [5.41, 5.74) is 2.50. The molecule has 0 saturated carbocycles. The van der Waals surface area contributed by atoms with Crippen molar-refractivity contribution in [3.63, 3.8) is 0 Å². The second-order valence-electron chi connectivity index (χ2n) is 5.31. The second-order valence-corrected chi connectivity index (χ2v) is 7.13.